The fourth-order valence-corrected chi connectivity index (χ4v) is 2.90. The molecule has 1 fully saturated rings. The van der Waals surface area contributed by atoms with E-state index in [2.05, 4.69) is 0 Å². The zero-order valence-corrected chi connectivity index (χ0v) is 11.1. The lowest BCUT2D eigenvalue weighted by Crippen LogP contribution is -2.49. The number of hydrogen-bond donors (Lipinski definition) is 2. The summed E-state index contributed by atoms with van der Waals surface area (Å²) in [5.74, 6) is -1.30. The van der Waals surface area contributed by atoms with Gasteiger partial charge in [-0.05, 0) is 18.4 Å². The first kappa shape index (κ1) is 15.8. The second-order valence-corrected chi connectivity index (χ2v) is 5.05. The number of benzene rings is 1. The first-order valence-electron chi connectivity index (χ1n) is 6.59. The minimum absolute atomic E-state index is 0.0805. The minimum Gasteiger partial charge on any atom is -0.480 e. The third-order valence-electron chi connectivity index (χ3n) is 3.81. The molecule has 0 unspecified atom stereocenters. The van der Waals surface area contributed by atoms with Gasteiger partial charge < -0.3 is 10.2 Å². The maximum Gasteiger partial charge on any atom is 0.404 e. The second kappa shape index (κ2) is 6.03. The maximum absolute atomic E-state index is 13.1. The monoisotopic (exact) mass is 303 g/mol. The Morgan fingerprint density at radius 3 is 2.38 bits per heavy atom. The summed E-state index contributed by atoms with van der Waals surface area (Å²) in [6.07, 6.45) is -4.88. The highest BCUT2D eigenvalue weighted by molar-refractivity contribution is 5.74. The van der Waals surface area contributed by atoms with Gasteiger partial charge in [0, 0.05) is 0 Å². The van der Waals surface area contributed by atoms with Gasteiger partial charge in [0.1, 0.15) is 12.1 Å². The average Bonchev–Trinajstić information content (AvgIpc) is 2.86. The molecule has 0 bridgehead atoms. The highest BCUT2D eigenvalue weighted by Gasteiger charge is 2.53. The van der Waals surface area contributed by atoms with Gasteiger partial charge in [0.25, 0.3) is 0 Å². The van der Waals surface area contributed by atoms with Gasteiger partial charge in [0.05, 0.1) is 12.6 Å². The number of rotatable bonds is 4. The molecule has 4 nitrogen and oxygen atoms in total. The predicted molar refractivity (Wildman–Crippen MR) is 68.6 cm³/mol. The van der Waals surface area contributed by atoms with Crippen molar-refractivity contribution in [2.75, 3.05) is 6.61 Å². The summed E-state index contributed by atoms with van der Waals surface area (Å²) < 4.78 is 39.4. The first-order chi connectivity index (χ1) is 9.86. The number of halogens is 3. The largest absolute Gasteiger partial charge is 0.480 e. The van der Waals surface area contributed by atoms with Gasteiger partial charge >= 0.3 is 12.1 Å². The van der Waals surface area contributed by atoms with Crippen molar-refractivity contribution in [3.8, 4) is 0 Å². The fourth-order valence-electron chi connectivity index (χ4n) is 2.90. The molecule has 1 aliphatic heterocycles. The molecule has 0 amide bonds. The summed E-state index contributed by atoms with van der Waals surface area (Å²) in [5.41, 5.74) is 0.474. The van der Waals surface area contributed by atoms with E-state index in [-0.39, 0.29) is 12.8 Å². The summed E-state index contributed by atoms with van der Waals surface area (Å²) in [7, 11) is 0. The van der Waals surface area contributed by atoms with Crippen LogP contribution in [0.4, 0.5) is 13.2 Å². The molecule has 1 aromatic rings. The highest BCUT2D eigenvalue weighted by atomic mass is 19.4. The van der Waals surface area contributed by atoms with Gasteiger partial charge in [0.15, 0.2) is 0 Å². The summed E-state index contributed by atoms with van der Waals surface area (Å²) >= 11 is 0. The van der Waals surface area contributed by atoms with Crippen LogP contribution in [0.15, 0.2) is 30.3 Å². The van der Waals surface area contributed by atoms with E-state index in [9.17, 15) is 23.1 Å². The van der Waals surface area contributed by atoms with Crippen LogP contribution in [0, 0.1) is 0 Å². The van der Waals surface area contributed by atoms with E-state index in [4.69, 9.17) is 5.11 Å². The van der Waals surface area contributed by atoms with Crippen LogP contribution in [0.2, 0.25) is 0 Å². The number of hydrogen-bond acceptors (Lipinski definition) is 3. The molecule has 21 heavy (non-hydrogen) atoms. The van der Waals surface area contributed by atoms with E-state index in [0.29, 0.717) is 5.56 Å². The van der Waals surface area contributed by atoms with Crippen LogP contribution in [0.1, 0.15) is 24.4 Å². The number of carboxylic acids is 1. The maximum atomic E-state index is 13.1. The van der Waals surface area contributed by atoms with Crippen molar-refractivity contribution in [1.82, 2.24) is 4.90 Å². The number of aliphatic hydroxyl groups excluding tert-OH is 1. The number of aliphatic hydroxyl groups is 1. The minimum atomic E-state index is -4.52. The molecule has 0 saturated carbocycles. The molecule has 0 spiro atoms. The van der Waals surface area contributed by atoms with Gasteiger partial charge in [-0.15, -0.1) is 0 Å². The molecule has 116 valence electrons. The summed E-state index contributed by atoms with van der Waals surface area (Å²) in [6, 6.07) is 4.10. The topological polar surface area (TPSA) is 60.8 Å². The molecule has 1 saturated heterocycles. The number of alkyl halides is 3. The van der Waals surface area contributed by atoms with Crippen molar-refractivity contribution >= 4 is 5.97 Å². The Balaban J connectivity index is 2.39. The van der Waals surface area contributed by atoms with Crippen molar-refractivity contribution in [2.45, 2.75) is 37.1 Å². The molecule has 2 N–H and O–H groups in total. The molecule has 0 aliphatic carbocycles. The first-order valence-corrected chi connectivity index (χ1v) is 6.59. The number of carbonyl (C=O) groups is 1. The summed E-state index contributed by atoms with van der Waals surface area (Å²) in [4.78, 5) is 12.1. The molecule has 0 radical (unpaired) electrons. The van der Waals surface area contributed by atoms with Gasteiger partial charge in [-0.1, -0.05) is 30.3 Å². The lowest BCUT2D eigenvalue weighted by Gasteiger charge is -2.35. The molecule has 1 aliphatic rings. The molecule has 2 rings (SSSR count). The number of likely N-dealkylation sites (tertiary alicyclic amines) is 1. The highest BCUT2D eigenvalue weighted by Crippen LogP contribution is 2.41. The smallest absolute Gasteiger partial charge is 0.404 e. The van der Waals surface area contributed by atoms with E-state index >= 15 is 0 Å². The van der Waals surface area contributed by atoms with Crippen LogP contribution < -0.4 is 0 Å². The third kappa shape index (κ3) is 3.19. The molecular weight excluding hydrogens is 287 g/mol. The fraction of sp³-hybridized carbons (Fsp3) is 0.500. The normalized spacial score (nSPS) is 25.0. The van der Waals surface area contributed by atoms with Crippen LogP contribution >= 0.6 is 0 Å². The molecule has 7 heteroatoms. The quantitative estimate of drug-likeness (QED) is 0.895. The van der Waals surface area contributed by atoms with E-state index in [1.54, 1.807) is 30.3 Å². The van der Waals surface area contributed by atoms with Crippen molar-refractivity contribution in [1.29, 1.82) is 0 Å². The Morgan fingerprint density at radius 2 is 1.90 bits per heavy atom. The Labute approximate surface area is 119 Å². The van der Waals surface area contributed by atoms with E-state index in [0.717, 1.165) is 4.90 Å². The Kier molecular flexibility index (Phi) is 4.53. The van der Waals surface area contributed by atoms with E-state index < -0.39 is 36.9 Å². The number of carboxylic acid groups (broad SMARTS) is 1. The van der Waals surface area contributed by atoms with Crippen LogP contribution in [0.5, 0.6) is 0 Å². The van der Waals surface area contributed by atoms with E-state index in [1.807, 2.05) is 0 Å². The Morgan fingerprint density at radius 1 is 1.29 bits per heavy atom. The molecule has 0 aromatic heterocycles. The Hall–Kier alpha value is -1.60. The van der Waals surface area contributed by atoms with Gasteiger partial charge in [-0.3, -0.25) is 9.69 Å². The zero-order valence-electron chi connectivity index (χ0n) is 11.1. The molecule has 3 atom stereocenters. The standard InChI is InChI=1S/C14H16F3NO3/c15-14(16,17)12-7-6-10(13(20)21)18(12)11(8-19)9-4-2-1-3-5-9/h1-5,10-12,19H,6-8H2,(H,20,21)/t10-,11-,12+/m0/s1. The van der Waals surface area contributed by atoms with Crippen LogP contribution in [0.25, 0.3) is 0 Å². The lowest BCUT2D eigenvalue weighted by molar-refractivity contribution is -0.189. The summed E-state index contributed by atoms with van der Waals surface area (Å²) in [6.45, 7) is -0.569. The molecule has 1 aromatic carbocycles. The number of aliphatic carboxylic acids is 1. The van der Waals surface area contributed by atoms with Crippen molar-refractivity contribution in [3.05, 3.63) is 35.9 Å². The predicted octanol–water partition coefficient (Wildman–Crippen LogP) is 2.20. The van der Waals surface area contributed by atoms with Gasteiger partial charge in [-0.25, -0.2) is 0 Å². The van der Waals surface area contributed by atoms with Crippen molar-refractivity contribution in [3.63, 3.8) is 0 Å². The Bertz CT molecular complexity index is 492. The second-order valence-electron chi connectivity index (χ2n) is 5.05. The zero-order chi connectivity index (χ0) is 15.6. The van der Waals surface area contributed by atoms with Crippen LogP contribution in [0.3, 0.4) is 0 Å². The number of nitrogens with zero attached hydrogens (tertiary/aromatic N) is 1. The van der Waals surface area contributed by atoms with Gasteiger partial charge in [-0.2, -0.15) is 13.2 Å². The summed E-state index contributed by atoms with van der Waals surface area (Å²) in [5, 5.41) is 18.7. The van der Waals surface area contributed by atoms with Crippen molar-refractivity contribution < 1.29 is 28.2 Å². The van der Waals surface area contributed by atoms with Crippen LogP contribution in [-0.4, -0.2) is 45.9 Å². The lowest BCUT2D eigenvalue weighted by atomic mass is 10.0. The van der Waals surface area contributed by atoms with Crippen LogP contribution in [-0.2, 0) is 4.79 Å². The van der Waals surface area contributed by atoms with E-state index in [1.165, 1.54) is 0 Å². The molecular formula is C14H16F3NO3. The van der Waals surface area contributed by atoms with Crippen molar-refractivity contribution in [2.24, 2.45) is 0 Å². The molecule has 1 heterocycles. The van der Waals surface area contributed by atoms with Gasteiger partial charge in [0.2, 0.25) is 0 Å². The third-order valence-corrected chi connectivity index (χ3v) is 3.81. The SMILES string of the molecule is O=C(O)[C@@H]1CC[C@H](C(F)(F)F)N1[C@@H](CO)c1ccccc1. The average molecular weight is 303 g/mol.